The van der Waals surface area contributed by atoms with Gasteiger partial charge in [-0.3, -0.25) is 0 Å². The molecule has 4 N–H and O–H groups in total. The highest BCUT2D eigenvalue weighted by molar-refractivity contribution is 6.27. The normalized spacial score (nSPS) is 7.75. The van der Waals surface area contributed by atoms with Crippen molar-refractivity contribution in [3.05, 3.63) is 37.4 Å². The molecule has 0 bridgehead atoms. The molecule has 0 saturated carbocycles. The monoisotopic (exact) mass is 226 g/mol. The fourth-order valence-corrected chi connectivity index (χ4v) is 0.430. The van der Waals surface area contributed by atoms with E-state index in [-0.39, 0.29) is 0 Å². The first-order chi connectivity index (χ1) is 7.64. The summed E-state index contributed by atoms with van der Waals surface area (Å²) in [7, 11) is 0. The number of aromatic nitrogens is 4. The molecule has 2 aromatic heterocycles. The van der Waals surface area contributed by atoms with Crippen LogP contribution in [0.25, 0.3) is 0 Å². The van der Waals surface area contributed by atoms with Gasteiger partial charge in [-0.15, -0.1) is 0 Å². The van der Waals surface area contributed by atoms with E-state index in [9.17, 15) is 0 Å². The summed E-state index contributed by atoms with van der Waals surface area (Å²) >= 11 is 0. The highest BCUT2D eigenvalue weighted by atomic mass is 16.4. The summed E-state index contributed by atoms with van der Waals surface area (Å²) < 4.78 is 0. The first-order valence-electron chi connectivity index (χ1n) is 3.96. The summed E-state index contributed by atoms with van der Waals surface area (Å²) in [5, 5.41) is 14.8. The Morgan fingerprint density at radius 3 is 1.31 bits per heavy atom. The molecular formula is C8H10N4O4. The van der Waals surface area contributed by atoms with Gasteiger partial charge in [-0.2, -0.15) is 0 Å². The standard InChI is InChI=1S/2C3H4N2.C2H2O4/c2*1-2-5-3-4-1;3-1(4)2(5)6/h2*1-3H,(H,4,5);(H,3,4)(H,5,6). The van der Waals surface area contributed by atoms with Gasteiger partial charge in [0.2, 0.25) is 0 Å². The molecule has 0 saturated heterocycles. The molecule has 0 aliphatic rings. The zero-order chi connectivity index (χ0) is 12.2. The van der Waals surface area contributed by atoms with Crippen molar-refractivity contribution in [1.82, 2.24) is 19.9 Å². The van der Waals surface area contributed by atoms with E-state index in [1.54, 1.807) is 37.4 Å². The van der Waals surface area contributed by atoms with Crippen molar-refractivity contribution in [2.24, 2.45) is 0 Å². The lowest BCUT2D eigenvalue weighted by Gasteiger charge is -1.72. The van der Waals surface area contributed by atoms with Crippen LogP contribution in [-0.2, 0) is 9.59 Å². The van der Waals surface area contributed by atoms with Crippen LogP contribution < -0.4 is 0 Å². The number of H-pyrrole nitrogens is 2. The predicted octanol–water partition coefficient (Wildman–Crippen LogP) is -0.0250. The fraction of sp³-hybridized carbons (Fsp3) is 0. The summed E-state index contributed by atoms with van der Waals surface area (Å²) in [6.45, 7) is 0. The van der Waals surface area contributed by atoms with Gasteiger partial charge in [0.1, 0.15) is 0 Å². The topological polar surface area (TPSA) is 132 Å². The summed E-state index contributed by atoms with van der Waals surface area (Å²) in [5.74, 6) is -3.65. The second-order valence-corrected chi connectivity index (χ2v) is 2.13. The minimum Gasteiger partial charge on any atom is -0.473 e. The summed E-state index contributed by atoms with van der Waals surface area (Å²) in [6, 6.07) is 0. The number of rotatable bonds is 0. The van der Waals surface area contributed by atoms with Crippen LogP contribution in [0.15, 0.2) is 37.4 Å². The molecule has 0 spiro atoms. The molecule has 16 heavy (non-hydrogen) atoms. The number of carboxylic acid groups (broad SMARTS) is 2. The maximum atomic E-state index is 9.10. The maximum Gasteiger partial charge on any atom is 0.414 e. The van der Waals surface area contributed by atoms with E-state index in [1.165, 1.54) is 0 Å². The van der Waals surface area contributed by atoms with Gasteiger partial charge in [0.05, 0.1) is 12.7 Å². The molecule has 2 heterocycles. The Labute approximate surface area is 90.0 Å². The molecule has 0 atom stereocenters. The van der Waals surface area contributed by atoms with Gasteiger partial charge in [0, 0.05) is 24.8 Å². The highest BCUT2D eigenvalue weighted by Gasteiger charge is 2.04. The molecule has 8 nitrogen and oxygen atoms in total. The number of hydrogen-bond acceptors (Lipinski definition) is 4. The first-order valence-corrected chi connectivity index (χ1v) is 3.96. The molecule has 0 radical (unpaired) electrons. The van der Waals surface area contributed by atoms with E-state index in [2.05, 4.69) is 19.9 Å². The van der Waals surface area contributed by atoms with Crippen molar-refractivity contribution >= 4 is 11.9 Å². The predicted molar refractivity (Wildman–Crippen MR) is 52.4 cm³/mol. The first kappa shape index (κ1) is 13.4. The van der Waals surface area contributed by atoms with Gasteiger partial charge in [0.15, 0.2) is 0 Å². The van der Waals surface area contributed by atoms with Crippen LogP contribution in [0.2, 0.25) is 0 Å². The van der Waals surface area contributed by atoms with Gasteiger partial charge < -0.3 is 20.2 Å². The average molecular weight is 226 g/mol. The smallest absolute Gasteiger partial charge is 0.414 e. The Hall–Kier alpha value is -2.64. The Balaban J connectivity index is 0.000000211. The van der Waals surface area contributed by atoms with Gasteiger partial charge in [-0.1, -0.05) is 0 Å². The molecule has 0 aliphatic heterocycles. The van der Waals surface area contributed by atoms with E-state index in [1.807, 2.05) is 0 Å². The Morgan fingerprint density at radius 2 is 1.25 bits per heavy atom. The van der Waals surface area contributed by atoms with Crippen LogP contribution in [0.1, 0.15) is 0 Å². The van der Waals surface area contributed by atoms with Crippen LogP contribution in [0, 0.1) is 0 Å². The zero-order valence-electron chi connectivity index (χ0n) is 8.07. The molecule has 2 aromatic rings. The van der Waals surface area contributed by atoms with E-state index in [0.717, 1.165) is 0 Å². The van der Waals surface area contributed by atoms with Crippen LogP contribution in [-0.4, -0.2) is 42.1 Å². The SMILES string of the molecule is O=C(O)C(=O)O.c1c[nH]cn1.c1c[nH]cn1. The molecule has 2 rings (SSSR count). The number of carboxylic acids is 2. The van der Waals surface area contributed by atoms with Gasteiger partial charge >= 0.3 is 11.9 Å². The number of hydrogen-bond donors (Lipinski definition) is 4. The van der Waals surface area contributed by atoms with Gasteiger partial charge in [0.25, 0.3) is 0 Å². The van der Waals surface area contributed by atoms with E-state index in [0.29, 0.717) is 0 Å². The van der Waals surface area contributed by atoms with E-state index < -0.39 is 11.9 Å². The van der Waals surface area contributed by atoms with Crippen molar-refractivity contribution in [1.29, 1.82) is 0 Å². The average Bonchev–Trinajstić information content (AvgIpc) is 2.97. The second-order valence-electron chi connectivity index (χ2n) is 2.13. The summed E-state index contributed by atoms with van der Waals surface area (Å²) in [5.41, 5.74) is 0. The minimum absolute atomic E-state index is 1.62. The third kappa shape index (κ3) is 9.45. The van der Waals surface area contributed by atoms with Crippen molar-refractivity contribution in [3.63, 3.8) is 0 Å². The number of carbonyl (C=O) groups is 2. The Bertz CT molecular complexity index is 298. The second kappa shape index (κ2) is 8.94. The van der Waals surface area contributed by atoms with Crippen LogP contribution in [0.4, 0.5) is 0 Å². The van der Waals surface area contributed by atoms with Crippen LogP contribution in [0.5, 0.6) is 0 Å². The maximum absolute atomic E-state index is 9.10. The number of aromatic amines is 2. The van der Waals surface area contributed by atoms with Crippen molar-refractivity contribution < 1.29 is 19.8 Å². The summed E-state index contributed by atoms with van der Waals surface area (Å²) in [6.07, 6.45) is 10.2. The molecule has 0 unspecified atom stereocenters. The molecule has 8 heteroatoms. The molecule has 0 amide bonds. The quantitative estimate of drug-likeness (QED) is 0.466. The van der Waals surface area contributed by atoms with Crippen molar-refractivity contribution in [2.45, 2.75) is 0 Å². The molecule has 0 aliphatic carbocycles. The lowest BCUT2D eigenvalue weighted by atomic mass is 10.7. The fourth-order valence-electron chi connectivity index (χ4n) is 0.430. The number of nitrogens with zero attached hydrogens (tertiary/aromatic N) is 2. The molecule has 86 valence electrons. The Morgan fingerprint density at radius 1 is 0.875 bits per heavy atom. The Kier molecular flexibility index (Phi) is 7.46. The lowest BCUT2D eigenvalue weighted by molar-refractivity contribution is -0.159. The van der Waals surface area contributed by atoms with E-state index >= 15 is 0 Å². The zero-order valence-corrected chi connectivity index (χ0v) is 8.07. The molecular weight excluding hydrogens is 216 g/mol. The largest absolute Gasteiger partial charge is 0.473 e. The van der Waals surface area contributed by atoms with Gasteiger partial charge in [-0.05, 0) is 0 Å². The van der Waals surface area contributed by atoms with E-state index in [4.69, 9.17) is 19.8 Å². The van der Waals surface area contributed by atoms with Crippen molar-refractivity contribution in [3.8, 4) is 0 Å². The van der Waals surface area contributed by atoms with Crippen LogP contribution >= 0.6 is 0 Å². The number of aliphatic carboxylic acids is 2. The summed E-state index contributed by atoms with van der Waals surface area (Å²) in [4.78, 5) is 31.0. The number of nitrogens with one attached hydrogen (secondary N) is 2. The lowest BCUT2D eigenvalue weighted by Crippen LogP contribution is -2.09. The minimum atomic E-state index is -1.82. The van der Waals surface area contributed by atoms with Gasteiger partial charge in [-0.25, -0.2) is 19.6 Å². The van der Waals surface area contributed by atoms with Crippen LogP contribution in [0.3, 0.4) is 0 Å². The molecule has 0 fully saturated rings. The molecule has 0 aromatic carbocycles. The third-order valence-electron chi connectivity index (χ3n) is 0.995. The van der Waals surface area contributed by atoms with Crippen molar-refractivity contribution in [2.75, 3.05) is 0 Å². The highest BCUT2D eigenvalue weighted by Crippen LogP contribution is 1.63. The third-order valence-corrected chi connectivity index (χ3v) is 0.995. The number of imidazole rings is 2.